The van der Waals surface area contributed by atoms with E-state index in [1.165, 1.54) is 0 Å². The summed E-state index contributed by atoms with van der Waals surface area (Å²) in [6.45, 7) is 2.60. The van der Waals surface area contributed by atoms with E-state index >= 15 is 0 Å². The van der Waals surface area contributed by atoms with E-state index in [4.69, 9.17) is 4.74 Å². The maximum atomic E-state index is 13.1. The molecule has 3 heterocycles. The number of hydrogen-bond donors (Lipinski definition) is 2. The highest BCUT2D eigenvalue weighted by Gasteiger charge is 2.27. The minimum atomic E-state index is 0.0542. The van der Waals surface area contributed by atoms with E-state index in [1.54, 1.807) is 13.3 Å². The summed E-state index contributed by atoms with van der Waals surface area (Å²) >= 11 is 0. The van der Waals surface area contributed by atoms with Gasteiger partial charge in [0.1, 0.15) is 5.75 Å². The number of benzene rings is 2. The molecule has 0 aliphatic carbocycles. The van der Waals surface area contributed by atoms with Crippen LogP contribution in [0.5, 0.6) is 5.75 Å². The van der Waals surface area contributed by atoms with Crippen molar-refractivity contribution in [1.82, 2.24) is 19.8 Å². The maximum absolute atomic E-state index is 13.1. The monoisotopic (exact) mass is 469 g/mol. The number of hydrogen-bond acceptors (Lipinski definition) is 5. The molecule has 1 aliphatic rings. The fourth-order valence-electron chi connectivity index (χ4n) is 4.83. The highest BCUT2D eigenvalue weighted by Crippen LogP contribution is 2.32. The second kappa shape index (κ2) is 9.80. The van der Waals surface area contributed by atoms with Crippen LogP contribution < -0.4 is 10.1 Å². The number of aromatic amines is 1. The Bertz CT molecular complexity index is 1310. The smallest absolute Gasteiger partial charge is 0.254 e. The number of H-pyrrole nitrogens is 1. The Hall–Kier alpha value is -3.84. The molecule has 1 aliphatic heterocycles. The van der Waals surface area contributed by atoms with Gasteiger partial charge in [0.2, 0.25) is 0 Å². The van der Waals surface area contributed by atoms with Crippen LogP contribution in [-0.2, 0) is 0 Å². The number of pyridine rings is 1. The molecule has 1 amide bonds. The number of likely N-dealkylation sites (tertiary alicyclic amines) is 1. The van der Waals surface area contributed by atoms with Gasteiger partial charge in [-0.2, -0.15) is 0 Å². The lowest BCUT2D eigenvalue weighted by Gasteiger charge is -2.19. The molecule has 5 rings (SSSR count). The van der Waals surface area contributed by atoms with Gasteiger partial charge >= 0.3 is 0 Å². The standard InChI is InChI=1S/C28H31N5O2/c1-32(2)17-19-10-11-33(18-19)28(34)21-8-9-25(27(14-21)35-3)30-23-12-22(15-29-16-23)26-13-20-6-4-5-7-24(20)31-26/h4-9,12-16,19,30-31H,10-11,17-18H2,1-3H3. The lowest BCUT2D eigenvalue weighted by molar-refractivity contribution is 0.0784. The third-order valence-electron chi connectivity index (χ3n) is 6.50. The Morgan fingerprint density at radius 3 is 2.83 bits per heavy atom. The topological polar surface area (TPSA) is 73.5 Å². The number of fused-ring (bicyclic) bond motifs is 1. The minimum absolute atomic E-state index is 0.0542. The van der Waals surface area contributed by atoms with E-state index in [0.29, 0.717) is 17.2 Å². The summed E-state index contributed by atoms with van der Waals surface area (Å²) in [4.78, 5) is 25.1. The summed E-state index contributed by atoms with van der Waals surface area (Å²) in [5, 5.41) is 4.56. The third kappa shape index (κ3) is 5.00. The highest BCUT2D eigenvalue weighted by molar-refractivity contribution is 5.95. The number of nitrogens with zero attached hydrogens (tertiary/aromatic N) is 3. The number of amides is 1. The molecule has 2 aromatic carbocycles. The van der Waals surface area contributed by atoms with Gasteiger partial charge in [0.25, 0.3) is 5.91 Å². The quantitative estimate of drug-likeness (QED) is 0.398. The third-order valence-corrected chi connectivity index (χ3v) is 6.50. The number of rotatable bonds is 7. The van der Waals surface area contributed by atoms with E-state index in [0.717, 1.165) is 59.6 Å². The summed E-state index contributed by atoms with van der Waals surface area (Å²) < 4.78 is 5.63. The van der Waals surface area contributed by atoms with Crippen molar-refractivity contribution in [2.75, 3.05) is 46.2 Å². The van der Waals surface area contributed by atoms with Crippen molar-refractivity contribution in [2.24, 2.45) is 5.92 Å². The Kier molecular flexibility index (Phi) is 6.42. The molecule has 1 atom stereocenters. The van der Waals surface area contributed by atoms with Gasteiger partial charge in [-0.25, -0.2) is 0 Å². The first-order chi connectivity index (χ1) is 17.0. The summed E-state index contributed by atoms with van der Waals surface area (Å²) in [6.07, 6.45) is 4.66. The van der Waals surface area contributed by atoms with Gasteiger partial charge in [-0.05, 0) is 62.8 Å². The van der Waals surface area contributed by atoms with Gasteiger partial charge in [-0.3, -0.25) is 9.78 Å². The molecule has 1 fully saturated rings. The van der Waals surface area contributed by atoms with Crippen LogP contribution in [-0.4, -0.2) is 66.5 Å². The second-order valence-electron chi connectivity index (χ2n) is 9.44. The van der Waals surface area contributed by atoms with Crippen molar-refractivity contribution in [3.63, 3.8) is 0 Å². The molecule has 0 radical (unpaired) electrons. The fourth-order valence-corrected chi connectivity index (χ4v) is 4.83. The molecular weight excluding hydrogens is 438 g/mol. The van der Waals surface area contributed by atoms with Crippen LogP contribution >= 0.6 is 0 Å². The first-order valence-electron chi connectivity index (χ1n) is 11.9. The lowest BCUT2D eigenvalue weighted by Crippen LogP contribution is -2.30. The average Bonchev–Trinajstić information content (AvgIpc) is 3.51. The first-order valence-corrected chi connectivity index (χ1v) is 11.9. The van der Waals surface area contributed by atoms with E-state index in [-0.39, 0.29) is 5.91 Å². The van der Waals surface area contributed by atoms with Crippen molar-refractivity contribution in [2.45, 2.75) is 6.42 Å². The van der Waals surface area contributed by atoms with Crippen LogP contribution in [0.2, 0.25) is 0 Å². The summed E-state index contributed by atoms with van der Waals surface area (Å²) in [7, 11) is 5.77. The number of ether oxygens (including phenoxy) is 1. The molecule has 0 spiro atoms. The number of nitrogens with one attached hydrogen (secondary N) is 2. The molecule has 180 valence electrons. The zero-order valence-corrected chi connectivity index (χ0v) is 20.4. The first kappa shape index (κ1) is 22.9. The Balaban J connectivity index is 1.33. The summed E-state index contributed by atoms with van der Waals surface area (Å²) in [5.74, 6) is 1.20. The lowest BCUT2D eigenvalue weighted by atomic mass is 10.1. The molecule has 2 N–H and O–H groups in total. The fraction of sp³-hybridized carbons (Fsp3) is 0.286. The molecule has 7 heteroatoms. The Morgan fingerprint density at radius 1 is 1.17 bits per heavy atom. The predicted octanol–water partition coefficient (Wildman–Crippen LogP) is 5.01. The SMILES string of the molecule is COc1cc(C(=O)N2CCC(CN(C)C)C2)ccc1Nc1cncc(-c2cc3ccccc3[nH]2)c1. The number of carbonyl (C=O) groups excluding carboxylic acids is 1. The Labute approximate surface area is 205 Å². The average molecular weight is 470 g/mol. The van der Waals surface area contributed by atoms with Crippen molar-refractivity contribution in [3.8, 4) is 17.0 Å². The molecule has 0 bridgehead atoms. The van der Waals surface area contributed by atoms with E-state index in [9.17, 15) is 4.79 Å². The Morgan fingerprint density at radius 2 is 2.03 bits per heavy atom. The molecule has 2 aromatic heterocycles. The van der Waals surface area contributed by atoms with Gasteiger partial charge in [-0.1, -0.05) is 18.2 Å². The number of carbonyl (C=O) groups is 1. The molecule has 0 saturated carbocycles. The zero-order chi connectivity index (χ0) is 24.4. The van der Waals surface area contributed by atoms with Crippen molar-refractivity contribution >= 4 is 28.2 Å². The van der Waals surface area contributed by atoms with Gasteiger partial charge < -0.3 is 24.8 Å². The summed E-state index contributed by atoms with van der Waals surface area (Å²) in [6, 6.07) is 17.9. The van der Waals surface area contributed by atoms with Crippen molar-refractivity contribution in [3.05, 3.63) is 72.6 Å². The molecule has 4 aromatic rings. The molecule has 35 heavy (non-hydrogen) atoms. The van der Waals surface area contributed by atoms with Crippen molar-refractivity contribution in [1.29, 1.82) is 0 Å². The van der Waals surface area contributed by atoms with Crippen LogP contribution in [0.3, 0.4) is 0 Å². The van der Waals surface area contributed by atoms with Gasteiger partial charge in [-0.15, -0.1) is 0 Å². The van der Waals surface area contributed by atoms with E-state index in [2.05, 4.69) is 52.5 Å². The van der Waals surface area contributed by atoms with Crippen LogP contribution in [0.4, 0.5) is 11.4 Å². The van der Waals surface area contributed by atoms with E-state index < -0.39 is 0 Å². The van der Waals surface area contributed by atoms with Crippen LogP contribution in [0.15, 0.2) is 67.0 Å². The molecular formula is C28H31N5O2. The zero-order valence-electron chi connectivity index (χ0n) is 20.4. The minimum Gasteiger partial charge on any atom is -0.495 e. The summed E-state index contributed by atoms with van der Waals surface area (Å²) in [5.41, 5.74) is 5.35. The van der Waals surface area contributed by atoms with Gasteiger partial charge in [0, 0.05) is 53.6 Å². The number of aromatic nitrogens is 2. The molecule has 1 saturated heterocycles. The van der Waals surface area contributed by atoms with Crippen LogP contribution in [0, 0.1) is 5.92 Å². The van der Waals surface area contributed by atoms with E-state index in [1.807, 2.05) is 47.5 Å². The highest BCUT2D eigenvalue weighted by atomic mass is 16.5. The second-order valence-corrected chi connectivity index (χ2v) is 9.44. The largest absolute Gasteiger partial charge is 0.495 e. The van der Waals surface area contributed by atoms with Gasteiger partial charge in [0.05, 0.1) is 24.7 Å². The van der Waals surface area contributed by atoms with Crippen molar-refractivity contribution < 1.29 is 9.53 Å². The molecule has 1 unspecified atom stereocenters. The van der Waals surface area contributed by atoms with Gasteiger partial charge in [0.15, 0.2) is 0 Å². The number of para-hydroxylation sites is 1. The van der Waals surface area contributed by atoms with Crippen LogP contribution in [0.25, 0.3) is 22.2 Å². The number of methoxy groups -OCH3 is 1. The normalized spacial score (nSPS) is 15.7. The van der Waals surface area contributed by atoms with Crippen LogP contribution in [0.1, 0.15) is 16.8 Å². The number of anilines is 2. The maximum Gasteiger partial charge on any atom is 0.254 e. The molecule has 7 nitrogen and oxygen atoms in total. The predicted molar refractivity (Wildman–Crippen MR) is 140 cm³/mol.